The van der Waals surface area contributed by atoms with Gasteiger partial charge in [0.1, 0.15) is 0 Å². The second kappa shape index (κ2) is 10.3. The molecule has 1 saturated carbocycles. The third kappa shape index (κ3) is 5.25. The molecule has 1 fully saturated rings. The molecule has 0 saturated heterocycles. The maximum atomic E-state index is 14.5. The summed E-state index contributed by atoms with van der Waals surface area (Å²) in [6.07, 6.45) is 0.857. The number of alkyl halides is 3. The number of aromatic amines is 1. The van der Waals surface area contributed by atoms with Gasteiger partial charge in [0.05, 0.1) is 29.9 Å². The van der Waals surface area contributed by atoms with Gasteiger partial charge < -0.3 is 9.84 Å². The fourth-order valence-corrected chi connectivity index (χ4v) is 4.62. The number of fused-ring (bicyclic) bond motifs is 1. The number of nitrogens with one attached hydrogen (secondary N) is 1. The molecule has 0 atom stereocenters. The van der Waals surface area contributed by atoms with Gasteiger partial charge in [-0.25, -0.2) is 14.8 Å². The monoisotopic (exact) mass is 538 g/mol. The van der Waals surface area contributed by atoms with Crippen LogP contribution in [-0.4, -0.2) is 38.4 Å². The fourth-order valence-electron chi connectivity index (χ4n) is 4.62. The van der Waals surface area contributed by atoms with Crippen molar-refractivity contribution in [2.24, 2.45) is 5.92 Å². The summed E-state index contributed by atoms with van der Waals surface area (Å²) in [5.74, 6) is -2.36. The number of allylic oxidation sites excluding steroid dienone is 1. The predicted molar refractivity (Wildman–Crippen MR) is 136 cm³/mol. The minimum atomic E-state index is -4.82. The van der Waals surface area contributed by atoms with E-state index in [1.807, 2.05) is 0 Å². The van der Waals surface area contributed by atoms with Crippen LogP contribution >= 0.6 is 0 Å². The van der Waals surface area contributed by atoms with Crippen molar-refractivity contribution in [3.05, 3.63) is 88.8 Å². The van der Waals surface area contributed by atoms with Gasteiger partial charge in [0.25, 0.3) is 0 Å². The zero-order valence-electron chi connectivity index (χ0n) is 20.6. The average molecular weight is 539 g/mol. The first-order valence-electron chi connectivity index (χ1n) is 12.0. The van der Waals surface area contributed by atoms with E-state index in [0.717, 1.165) is 18.7 Å². The van der Waals surface area contributed by atoms with Gasteiger partial charge in [-0.2, -0.15) is 17.6 Å². The van der Waals surface area contributed by atoms with Crippen molar-refractivity contribution < 1.29 is 32.2 Å². The summed E-state index contributed by atoms with van der Waals surface area (Å²) in [5.41, 5.74) is 1.37. The van der Waals surface area contributed by atoms with Crippen LogP contribution in [0.3, 0.4) is 0 Å². The number of methoxy groups -OCH3 is 1. The van der Waals surface area contributed by atoms with Crippen LogP contribution in [0.15, 0.2) is 54.7 Å². The van der Waals surface area contributed by atoms with Gasteiger partial charge in [-0.3, -0.25) is 5.10 Å². The Bertz CT molecular complexity index is 1600. The third-order valence-corrected chi connectivity index (χ3v) is 6.69. The van der Waals surface area contributed by atoms with Crippen LogP contribution in [0, 0.1) is 11.9 Å². The van der Waals surface area contributed by atoms with Crippen LogP contribution < -0.4 is 4.74 Å². The average Bonchev–Trinajstić information content (AvgIpc) is 3.26. The molecule has 11 heteroatoms. The zero-order chi connectivity index (χ0) is 27.7. The highest BCUT2D eigenvalue weighted by Crippen LogP contribution is 2.47. The summed E-state index contributed by atoms with van der Waals surface area (Å²) in [6, 6.07) is 11.6. The number of carboxylic acid groups (broad SMARTS) is 1. The molecule has 5 rings (SSSR count). The second-order valence-corrected chi connectivity index (χ2v) is 9.09. The Morgan fingerprint density at radius 1 is 1.13 bits per heavy atom. The molecule has 200 valence electrons. The van der Waals surface area contributed by atoms with E-state index >= 15 is 0 Å². The normalized spacial score (nSPS) is 14.9. The molecule has 7 nitrogen and oxygen atoms in total. The van der Waals surface area contributed by atoms with Crippen molar-refractivity contribution in [1.29, 1.82) is 0 Å². The first-order valence-corrected chi connectivity index (χ1v) is 12.0. The highest BCUT2D eigenvalue weighted by atomic mass is 19.4. The van der Waals surface area contributed by atoms with Crippen LogP contribution in [0.5, 0.6) is 5.88 Å². The van der Waals surface area contributed by atoms with E-state index in [9.17, 15) is 22.4 Å². The number of hydrogen-bond acceptors (Lipinski definition) is 5. The number of hydrogen-bond donors (Lipinski definition) is 2. The van der Waals surface area contributed by atoms with Crippen LogP contribution in [-0.2, 0) is 11.0 Å². The number of aromatic nitrogens is 4. The minimum absolute atomic E-state index is 0.191. The molecule has 0 amide bonds. The van der Waals surface area contributed by atoms with Gasteiger partial charge in [-0.1, -0.05) is 36.8 Å². The smallest absolute Gasteiger partial charge is 0.435 e. The molecule has 0 bridgehead atoms. The topological polar surface area (TPSA) is 101 Å². The molecular weight excluding hydrogens is 516 g/mol. The summed E-state index contributed by atoms with van der Waals surface area (Å²) in [4.78, 5) is 18.8. The molecule has 1 aliphatic carbocycles. The van der Waals surface area contributed by atoms with Crippen molar-refractivity contribution in [2.45, 2.75) is 25.4 Å². The number of ether oxygens (including phenoxy) is 1. The largest absolute Gasteiger partial charge is 0.480 e. The molecule has 4 aromatic rings. The maximum absolute atomic E-state index is 14.5. The molecule has 0 unspecified atom stereocenters. The van der Waals surface area contributed by atoms with Gasteiger partial charge in [-0.05, 0) is 64.8 Å². The number of carbonyl (C=O) groups is 1. The highest BCUT2D eigenvalue weighted by molar-refractivity contribution is 6.01. The van der Waals surface area contributed by atoms with Crippen molar-refractivity contribution in [3.8, 4) is 5.88 Å². The van der Waals surface area contributed by atoms with E-state index in [-0.39, 0.29) is 22.9 Å². The van der Waals surface area contributed by atoms with Gasteiger partial charge in [-0.15, -0.1) is 5.10 Å². The van der Waals surface area contributed by atoms with E-state index in [1.54, 1.807) is 42.5 Å². The van der Waals surface area contributed by atoms with E-state index in [0.29, 0.717) is 46.2 Å². The number of rotatable bonds is 7. The molecule has 0 aliphatic heterocycles. The minimum Gasteiger partial charge on any atom is -0.480 e. The number of carboxylic acids is 1. The lowest BCUT2D eigenvalue weighted by molar-refractivity contribution is -0.142. The lowest BCUT2D eigenvalue weighted by atomic mass is 9.73. The predicted octanol–water partition coefficient (Wildman–Crippen LogP) is 6.38. The molecule has 1 aliphatic rings. The summed E-state index contributed by atoms with van der Waals surface area (Å²) in [5, 5.41) is 15.3. The Morgan fingerprint density at radius 2 is 1.85 bits per heavy atom. The number of halogens is 4. The second-order valence-electron chi connectivity index (χ2n) is 9.09. The Balaban J connectivity index is 1.82. The van der Waals surface area contributed by atoms with Crippen LogP contribution in [0.1, 0.15) is 47.3 Å². The molecule has 2 aromatic heterocycles. The summed E-state index contributed by atoms with van der Waals surface area (Å²) < 4.78 is 62.3. The Morgan fingerprint density at radius 3 is 2.46 bits per heavy atom. The third-order valence-electron chi connectivity index (χ3n) is 6.69. The van der Waals surface area contributed by atoms with Gasteiger partial charge in [0, 0.05) is 6.08 Å². The molecular formula is C28H22F4N4O3. The molecule has 2 aromatic carbocycles. The highest BCUT2D eigenvalue weighted by Gasteiger charge is 2.40. The summed E-state index contributed by atoms with van der Waals surface area (Å²) in [7, 11) is 1.22. The van der Waals surface area contributed by atoms with Gasteiger partial charge in [0.15, 0.2) is 5.69 Å². The lowest BCUT2D eigenvalue weighted by Gasteiger charge is -2.32. The van der Waals surface area contributed by atoms with E-state index in [4.69, 9.17) is 9.84 Å². The Kier molecular flexibility index (Phi) is 6.90. The standard InChI is InChI=1S/C28H22F4N4O3/c1-39-21-14-33-25(26(34-21)28(30,31)32)24(16-3-2-4-16)23(17-8-5-15(6-9-17)7-12-22(37)38)18-10-11-20-19(13-18)27(29)36-35-20/h5-14,16H,2-4H2,1H3,(H,35,36)(H,37,38). The lowest BCUT2D eigenvalue weighted by Crippen LogP contribution is -2.21. The Labute approximate surface area is 219 Å². The fraction of sp³-hybridized carbons (Fsp3) is 0.214. The van der Waals surface area contributed by atoms with Crippen molar-refractivity contribution in [3.63, 3.8) is 0 Å². The van der Waals surface area contributed by atoms with Gasteiger partial charge in [0.2, 0.25) is 11.8 Å². The van der Waals surface area contributed by atoms with Crippen molar-refractivity contribution in [2.75, 3.05) is 7.11 Å². The van der Waals surface area contributed by atoms with Crippen LogP contribution in [0.2, 0.25) is 0 Å². The number of nitrogens with zero attached hydrogens (tertiary/aromatic N) is 3. The van der Waals surface area contributed by atoms with Crippen molar-refractivity contribution in [1.82, 2.24) is 20.2 Å². The first kappa shape index (κ1) is 26.1. The number of aliphatic carboxylic acids is 1. The van der Waals surface area contributed by atoms with Crippen molar-refractivity contribution >= 4 is 34.1 Å². The van der Waals surface area contributed by atoms with Crippen LogP contribution in [0.4, 0.5) is 17.6 Å². The molecule has 0 spiro atoms. The Hall–Kier alpha value is -4.54. The molecule has 2 heterocycles. The molecule has 39 heavy (non-hydrogen) atoms. The van der Waals surface area contributed by atoms with Gasteiger partial charge >= 0.3 is 12.1 Å². The summed E-state index contributed by atoms with van der Waals surface area (Å²) in [6.45, 7) is 0. The van der Waals surface area contributed by atoms with Crippen LogP contribution in [0.25, 0.3) is 28.1 Å². The quantitative estimate of drug-likeness (QED) is 0.209. The number of benzene rings is 2. The maximum Gasteiger partial charge on any atom is 0.435 e. The van der Waals surface area contributed by atoms with E-state index < -0.39 is 23.8 Å². The number of H-pyrrole nitrogens is 1. The van der Waals surface area contributed by atoms with E-state index in [2.05, 4.69) is 20.2 Å². The molecule has 2 N–H and O–H groups in total. The SMILES string of the molecule is COc1cnc(C(=C(c2ccc(C=CC(=O)O)cc2)c2ccc3[nH]nc(F)c3c2)C2CCC2)c(C(F)(F)F)n1. The van der Waals surface area contributed by atoms with E-state index in [1.165, 1.54) is 13.2 Å². The zero-order valence-corrected chi connectivity index (χ0v) is 20.6. The first-order chi connectivity index (χ1) is 18.7. The summed E-state index contributed by atoms with van der Waals surface area (Å²) >= 11 is 0. The molecule has 0 radical (unpaired) electrons.